The van der Waals surface area contributed by atoms with Gasteiger partial charge < -0.3 is 10.3 Å². The predicted octanol–water partition coefficient (Wildman–Crippen LogP) is 4.37. The first-order valence-corrected chi connectivity index (χ1v) is 7.85. The average molecular weight is 306 g/mol. The van der Waals surface area contributed by atoms with E-state index >= 15 is 0 Å². The van der Waals surface area contributed by atoms with Crippen LogP contribution in [0.5, 0.6) is 0 Å². The molecule has 0 aliphatic rings. The highest BCUT2D eigenvalue weighted by Crippen LogP contribution is 2.29. The molecule has 2 N–H and O–H groups in total. The Morgan fingerprint density at radius 2 is 1.74 bits per heavy atom. The van der Waals surface area contributed by atoms with Crippen LogP contribution in [0.4, 0.5) is 0 Å². The van der Waals surface area contributed by atoms with Crippen molar-refractivity contribution in [3.8, 4) is 0 Å². The Labute approximate surface area is 137 Å². The third-order valence-electron chi connectivity index (χ3n) is 3.48. The lowest BCUT2D eigenvalue weighted by atomic mass is 9.96. The molecule has 1 heterocycles. The fraction of sp³-hybridized carbons (Fsp3) is 0.150. The summed E-state index contributed by atoms with van der Waals surface area (Å²) in [7, 11) is 1.64. The first kappa shape index (κ1) is 16.6. The number of nitrogens with one attached hydrogen (secondary N) is 2. The van der Waals surface area contributed by atoms with Crippen molar-refractivity contribution in [1.82, 2.24) is 10.3 Å². The van der Waals surface area contributed by atoms with Crippen LogP contribution in [0.2, 0.25) is 0 Å². The number of H-pyrrole nitrogens is 1. The SMILES string of the molecule is CC.CNC(=O)/C=C(/c1ccccc1)c1cccc2cc[nH]c12. The van der Waals surface area contributed by atoms with Gasteiger partial charge in [0.1, 0.15) is 0 Å². The summed E-state index contributed by atoms with van der Waals surface area (Å²) >= 11 is 0. The number of amides is 1. The number of aromatic nitrogens is 1. The molecule has 0 fully saturated rings. The van der Waals surface area contributed by atoms with Crippen LogP contribution in [0, 0.1) is 0 Å². The number of fused-ring (bicyclic) bond motifs is 1. The number of carbonyl (C=O) groups excluding carboxylic acids is 1. The number of rotatable bonds is 3. The summed E-state index contributed by atoms with van der Waals surface area (Å²) in [6.45, 7) is 4.00. The fourth-order valence-corrected chi connectivity index (χ4v) is 2.45. The fourth-order valence-electron chi connectivity index (χ4n) is 2.45. The Morgan fingerprint density at radius 3 is 2.43 bits per heavy atom. The number of carbonyl (C=O) groups is 1. The summed E-state index contributed by atoms with van der Waals surface area (Å²) < 4.78 is 0. The van der Waals surface area contributed by atoms with Crippen LogP contribution in [0.25, 0.3) is 16.5 Å². The Balaban J connectivity index is 0.000000924. The van der Waals surface area contributed by atoms with E-state index in [1.807, 2.05) is 68.6 Å². The summed E-state index contributed by atoms with van der Waals surface area (Å²) in [6, 6.07) is 18.1. The van der Waals surface area contributed by atoms with E-state index in [0.29, 0.717) is 0 Å². The molecule has 0 aliphatic carbocycles. The molecule has 23 heavy (non-hydrogen) atoms. The minimum atomic E-state index is -0.114. The number of hydrogen-bond acceptors (Lipinski definition) is 1. The lowest BCUT2D eigenvalue weighted by molar-refractivity contribution is -0.116. The molecule has 1 aromatic heterocycles. The summed E-state index contributed by atoms with van der Waals surface area (Å²) in [4.78, 5) is 15.1. The summed E-state index contributed by atoms with van der Waals surface area (Å²) in [5.41, 5.74) is 3.98. The molecule has 0 saturated heterocycles. The molecule has 118 valence electrons. The van der Waals surface area contributed by atoms with Crippen molar-refractivity contribution < 1.29 is 4.79 Å². The van der Waals surface area contributed by atoms with Crippen LogP contribution in [0.15, 0.2) is 66.9 Å². The normalized spacial score (nSPS) is 10.8. The highest BCUT2D eigenvalue weighted by molar-refractivity contribution is 6.03. The maximum absolute atomic E-state index is 11.8. The lowest BCUT2D eigenvalue weighted by Gasteiger charge is -2.10. The number of likely N-dealkylation sites (N-methyl/N-ethyl adjacent to an activating group) is 1. The Bertz CT molecular complexity index is 801. The molecule has 0 aliphatic heterocycles. The quantitative estimate of drug-likeness (QED) is 0.693. The van der Waals surface area contributed by atoms with E-state index in [-0.39, 0.29) is 5.91 Å². The van der Waals surface area contributed by atoms with Gasteiger partial charge in [-0.2, -0.15) is 0 Å². The van der Waals surface area contributed by atoms with E-state index < -0.39 is 0 Å². The second-order valence-corrected chi connectivity index (χ2v) is 4.79. The van der Waals surface area contributed by atoms with Crippen LogP contribution < -0.4 is 5.32 Å². The van der Waals surface area contributed by atoms with Crippen LogP contribution in [-0.2, 0) is 4.79 Å². The lowest BCUT2D eigenvalue weighted by Crippen LogP contribution is -2.15. The first-order chi connectivity index (χ1) is 11.3. The van der Waals surface area contributed by atoms with E-state index in [1.165, 1.54) is 0 Å². The monoisotopic (exact) mass is 306 g/mol. The molecule has 0 radical (unpaired) electrons. The van der Waals surface area contributed by atoms with E-state index in [0.717, 1.165) is 27.6 Å². The number of hydrogen-bond donors (Lipinski definition) is 2. The van der Waals surface area contributed by atoms with Gasteiger partial charge in [-0.3, -0.25) is 4.79 Å². The van der Waals surface area contributed by atoms with Gasteiger partial charge >= 0.3 is 0 Å². The van der Waals surface area contributed by atoms with Crippen LogP contribution in [-0.4, -0.2) is 17.9 Å². The van der Waals surface area contributed by atoms with Crippen molar-refractivity contribution in [3.63, 3.8) is 0 Å². The van der Waals surface area contributed by atoms with Gasteiger partial charge in [-0.1, -0.05) is 62.4 Å². The highest BCUT2D eigenvalue weighted by Gasteiger charge is 2.11. The molecule has 0 bridgehead atoms. The van der Waals surface area contributed by atoms with Gasteiger partial charge in [0.2, 0.25) is 5.91 Å². The zero-order chi connectivity index (χ0) is 16.7. The van der Waals surface area contributed by atoms with Crippen molar-refractivity contribution in [3.05, 3.63) is 78.0 Å². The van der Waals surface area contributed by atoms with Gasteiger partial charge in [0, 0.05) is 24.9 Å². The second kappa shape index (κ2) is 7.99. The van der Waals surface area contributed by atoms with Gasteiger partial charge in [0.15, 0.2) is 0 Å². The van der Waals surface area contributed by atoms with Crippen molar-refractivity contribution in [1.29, 1.82) is 0 Å². The average Bonchev–Trinajstić information content (AvgIpc) is 3.11. The van der Waals surface area contributed by atoms with E-state index in [1.54, 1.807) is 13.1 Å². The minimum Gasteiger partial charge on any atom is -0.361 e. The zero-order valence-corrected chi connectivity index (χ0v) is 13.8. The molecule has 3 heteroatoms. The van der Waals surface area contributed by atoms with E-state index in [2.05, 4.69) is 16.4 Å². The predicted molar refractivity (Wildman–Crippen MR) is 97.2 cm³/mol. The van der Waals surface area contributed by atoms with Gasteiger partial charge in [-0.15, -0.1) is 0 Å². The maximum Gasteiger partial charge on any atom is 0.244 e. The van der Waals surface area contributed by atoms with Crippen molar-refractivity contribution in [2.75, 3.05) is 7.05 Å². The number of benzene rings is 2. The Kier molecular flexibility index (Phi) is 5.75. The molecule has 1 amide bonds. The smallest absolute Gasteiger partial charge is 0.244 e. The zero-order valence-electron chi connectivity index (χ0n) is 13.8. The molecule has 3 aromatic rings. The molecule has 2 aromatic carbocycles. The Morgan fingerprint density at radius 1 is 1.00 bits per heavy atom. The maximum atomic E-state index is 11.8. The van der Waals surface area contributed by atoms with Gasteiger partial charge in [-0.25, -0.2) is 0 Å². The van der Waals surface area contributed by atoms with E-state index in [4.69, 9.17) is 0 Å². The summed E-state index contributed by atoms with van der Waals surface area (Å²) in [6.07, 6.45) is 3.56. The molecule has 0 unspecified atom stereocenters. The van der Waals surface area contributed by atoms with Crippen LogP contribution >= 0.6 is 0 Å². The topological polar surface area (TPSA) is 44.9 Å². The number of para-hydroxylation sites is 1. The summed E-state index contributed by atoms with van der Waals surface area (Å²) in [5, 5.41) is 3.78. The van der Waals surface area contributed by atoms with Crippen LogP contribution in [0.3, 0.4) is 0 Å². The minimum absolute atomic E-state index is 0.114. The molecule has 0 spiro atoms. The van der Waals surface area contributed by atoms with Crippen LogP contribution in [0.1, 0.15) is 25.0 Å². The summed E-state index contributed by atoms with van der Waals surface area (Å²) in [5.74, 6) is -0.114. The van der Waals surface area contributed by atoms with E-state index in [9.17, 15) is 4.79 Å². The third-order valence-corrected chi connectivity index (χ3v) is 3.48. The third kappa shape index (κ3) is 3.69. The van der Waals surface area contributed by atoms with Crippen molar-refractivity contribution in [2.24, 2.45) is 0 Å². The standard InChI is InChI=1S/C18H16N2O.C2H6/c1-19-17(21)12-16(13-6-3-2-4-7-13)15-9-5-8-14-10-11-20-18(14)15;1-2/h2-12,20H,1H3,(H,19,21);1-2H3/b16-12-;. The molecule has 3 nitrogen and oxygen atoms in total. The van der Waals surface area contributed by atoms with Gasteiger partial charge in [0.25, 0.3) is 0 Å². The first-order valence-electron chi connectivity index (χ1n) is 7.85. The molecule has 0 saturated carbocycles. The van der Waals surface area contributed by atoms with Gasteiger partial charge in [0.05, 0.1) is 5.52 Å². The van der Waals surface area contributed by atoms with Gasteiger partial charge in [-0.05, 0) is 22.6 Å². The molecular weight excluding hydrogens is 284 g/mol. The number of aromatic amines is 1. The highest BCUT2D eigenvalue weighted by atomic mass is 16.1. The molecule has 0 atom stereocenters. The molecule has 3 rings (SSSR count). The van der Waals surface area contributed by atoms with Crippen molar-refractivity contribution in [2.45, 2.75) is 13.8 Å². The molecular formula is C20H22N2O. The van der Waals surface area contributed by atoms with Crippen molar-refractivity contribution >= 4 is 22.4 Å². The largest absolute Gasteiger partial charge is 0.361 e. The second-order valence-electron chi connectivity index (χ2n) is 4.79. The Hall–Kier alpha value is -2.81.